The number of benzene rings is 2. The zero-order chi connectivity index (χ0) is 19.6. The third kappa shape index (κ3) is 3.75. The lowest BCUT2D eigenvalue weighted by atomic mass is 10.1. The van der Waals surface area contributed by atoms with Crippen molar-refractivity contribution < 1.29 is 9.53 Å². The van der Waals surface area contributed by atoms with Crippen LogP contribution in [0.15, 0.2) is 48.5 Å². The van der Waals surface area contributed by atoms with Gasteiger partial charge in [-0.25, -0.2) is 4.79 Å². The van der Waals surface area contributed by atoms with Gasteiger partial charge in [0.15, 0.2) is 5.82 Å². The van der Waals surface area contributed by atoms with Crippen molar-refractivity contribution in [1.82, 2.24) is 14.3 Å². The first-order chi connectivity index (χ1) is 14.3. The molecule has 148 valence electrons. The fourth-order valence-corrected chi connectivity index (χ4v) is 4.36. The number of amides is 2. The fraction of sp³-hybridized carbons (Fsp3) is 0.286. The van der Waals surface area contributed by atoms with Gasteiger partial charge in [0.2, 0.25) is 5.13 Å². The van der Waals surface area contributed by atoms with E-state index in [4.69, 9.17) is 4.74 Å². The predicted molar refractivity (Wildman–Crippen MR) is 114 cm³/mol. The van der Waals surface area contributed by atoms with Crippen molar-refractivity contribution >= 4 is 28.4 Å². The van der Waals surface area contributed by atoms with E-state index < -0.39 is 0 Å². The lowest BCUT2D eigenvalue weighted by molar-refractivity contribution is 0.208. The molecule has 0 radical (unpaired) electrons. The number of nitrogens with zero attached hydrogens (tertiary/aromatic N) is 4. The SMILES string of the molecule is O=C(Nc1ccc2c(c1)CCO2)N1CCN(c2nc(-c3ccccc3)ns2)CC1. The highest BCUT2D eigenvalue weighted by molar-refractivity contribution is 7.09. The monoisotopic (exact) mass is 407 g/mol. The lowest BCUT2D eigenvalue weighted by Crippen LogP contribution is -2.50. The number of rotatable bonds is 3. The Hall–Kier alpha value is -3.13. The number of fused-ring (bicyclic) bond motifs is 1. The third-order valence-electron chi connectivity index (χ3n) is 5.23. The third-order valence-corrected chi connectivity index (χ3v) is 6.00. The van der Waals surface area contributed by atoms with E-state index in [0.29, 0.717) is 19.7 Å². The predicted octanol–water partition coefficient (Wildman–Crippen LogP) is 3.49. The van der Waals surface area contributed by atoms with Gasteiger partial charge < -0.3 is 19.9 Å². The molecule has 0 aliphatic carbocycles. The minimum absolute atomic E-state index is 0.0641. The normalized spacial score (nSPS) is 15.7. The number of carbonyl (C=O) groups excluding carboxylic acids is 1. The Morgan fingerprint density at radius 2 is 1.90 bits per heavy atom. The van der Waals surface area contributed by atoms with E-state index in [1.54, 1.807) is 0 Å². The number of piperazine rings is 1. The van der Waals surface area contributed by atoms with Crippen molar-refractivity contribution in [2.24, 2.45) is 0 Å². The summed E-state index contributed by atoms with van der Waals surface area (Å²) in [5, 5.41) is 3.91. The molecule has 0 unspecified atom stereocenters. The molecule has 0 saturated carbocycles. The van der Waals surface area contributed by atoms with E-state index in [2.05, 4.69) is 19.6 Å². The van der Waals surface area contributed by atoms with Crippen molar-refractivity contribution in [3.63, 3.8) is 0 Å². The summed E-state index contributed by atoms with van der Waals surface area (Å²) in [5.41, 5.74) is 2.99. The maximum Gasteiger partial charge on any atom is 0.321 e. The summed E-state index contributed by atoms with van der Waals surface area (Å²) in [6.07, 6.45) is 0.893. The molecule has 3 heterocycles. The maximum atomic E-state index is 12.6. The molecule has 7 nitrogen and oxygen atoms in total. The molecule has 2 aliphatic heterocycles. The molecule has 5 rings (SSSR count). The van der Waals surface area contributed by atoms with Gasteiger partial charge in [-0.05, 0) is 23.8 Å². The van der Waals surface area contributed by atoms with Gasteiger partial charge in [0.25, 0.3) is 0 Å². The largest absolute Gasteiger partial charge is 0.493 e. The van der Waals surface area contributed by atoms with E-state index in [0.717, 1.165) is 53.0 Å². The second-order valence-corrected chi connectivity index (χ2v) is 7.82. The molecule has 0 atom stereocenters. The zero-order valence-electron chi connectivity index (χ0n) is 15.9. The van der Waals surface area contributed by atoms with E-state index in [9.17, 15) is 4.79 Å². The topological polar surface area (TPSA) is 70.6 Å². The standard InChI is InChI=1S/C21H21N5O2S/c27-20(22-17-6-7-18-16(14-17)8-13-28-18)25-9-11-26(12-10-25)21-23-19(24-29-21)15-4-2-1-3-5-15/h1-7,14H,8-13H2,(H,22,27). The number of aromatic nitrogens is 2. The average molecular weight is 407 g/mol. The van der Waals surface area contributed by atoms with E-state index in [1.807, 2.05) is 53.4 Å². The molecule has 1 fully saturated rings. The first kappa shape index (κ1) is 17.9. The molecule has 1 N–H and O–H groups in total. The summed E-state index contributed by atoms with van der Waals surface area (Å²) in [6, 6.07) is 15.7. The Bertz CT molecular complexity index is 1010. The molecular formula is C21H21N5O2S. The Morgan fingerprint density at radius 3 is 2.72 bits per heavy atom. The first-order valence-electron chi connectivity index (χ1n) is 9.72. The van der Waals surface area contributed by atoms with Crippen LogP contribution < -0.4 is 15.0 Å². The molecule has 3 aromatic rings. The Balaban J connectivity index is 1.18. The minimum Gasteiger partial charge on any atom is -0.493 e. The van der Waals surface area contributed by atoms with Crippen LogP contribution in [0.1, 0.15) is 5.56 Å². The summed E-state index contributed by atoms with van der Waals surface area (Å²) < 4.78 is 10.0. The van der Waals surface area contributed by atoms with Gasteiger partial charge in [0.1, 0.15) is 5.75 Å². The Kier molecular flexibility index (Phi) is 4.77. The highest BCUT2D eigenvalue weighted by Gasteiger charge is 2.24. The average Bonchev–Trinajstić information content (AvgIpc) is 3.44. The maximum absolute atomic E-state index is 12.6. The molecule has 2 amide bonds. The van der Waals surface area contributed by atoms with Gasteiger partial charge in [0.05, 0.1) is 6.61 Å². The van der Waals surface area contributed by atoms with Crippen molar-refractivity contribution in [3.05, 3.63) is 54.1 Å². The highest BCUT2D eigenvalue weighted by atomic mass is 32.1. The van der Waals surface area contributed by atoms with E-state index in [-0.39, 0.29) is 6.03 Å². The fourth-order valence-electron chi connectivity index (χ4n) is 3.62. The second kappa shape index (κ2) is 7.71. The second-order valence-electron chi connectivity index (χ2n) is 7.09. The zero-order valence-corrected chi connectivity index (χ0v) is 16.7. The number of carbonyl (C=O) groups is 1. The van der Waals surface area contributed by atoms with Gasteiger partial charge in [-0.1, -0.05) is 30.3 Å². The summed E-state index contributed by atoms with van der Waals surface area (Å²) in [5.74, 6) is 1.68. The Labute approximate surface area is 173 Å². The van der Waals surface area contributed by atoms with Crippen LogP contribution in [0.4, 0.5) is 15.6 Å². The van der Waals surface area contributed by atoms with Crippen LogP contribution in [0.25, 0.3) is 11.4 Å². The van der Waals surface area contributed by atoms with Gasteiger partial charge in [-0.2, -0.15) is 9.36 Å². The molecule has 29 heavy (non-hydrogen) atoms. The van der Waals surface area contributed by atoms with Crippen LogP contribution in [0, 0.1) is 0 Å². The van der Waals surface area contributed by atoms with Crippen LogP contribution in [-0.2, 0) is 6.42 Å². The number of hydrogen-bond donors (Lipinski definition) is 1. The lowest BCUT2D eigenvalue weighted by Gasteiger charge is -2.34. The van der Waals surface area contributed by atoms with E-state index in [1.165, 1.54) is 11.5 Å². The van der Waals surface area contributed by atoms with E-state index >= 15 is 0 Å². The van der Waals surface area contributed by atoms with Gasteiger partial charge in [-0.15, -0.1) is 0 Å². The quantitative estimate of drug-likeness (QED) is 0.720. The van der Waals surface area contributed by atoms with Crippen LogP contribution >= 0.6 is 11.5 Å². The highest BCUT2D eigenvalue weighted by Crippen LogP contribution is 2.28. The molecule has 2 aromatic carbocycles. The van der Waals surface area contributed by atoms with Crippen LogP contribution in [0.5, 0.6) is 5.75 Å². The van der Waals surface area contributed by atoms with Crippen LogP contribution in [0.2, 0.25) is 0 Å². The summed E-state index contributed by atoms with van der Waals surface area (Å²) >= 11 is 1.41. The summed E-state index contributed by atoms with van der Waals surface area (Å²) in [7, 11) is 0. The van der Waals surface area contributed by atoms with Crippen molar-refractivity contribution in [2.45, 2.75) is 6.42 Å². The van der Waals surface area contributed by atoms with Crippen molar-refractivity contribution in [3.8, 4) is 17.1 Å². The number of nitrogens with one attached hydrogen (secondary N) is 1. The van der Waals surface area contributed by atoms with Gasteiger partial charge in [0, 0.05) is 55.4 Å². The molecular weight excluding hydrogens is 386 g/mol. The first-order valence-corrected chi connectivity index (χ1v) is 10.5. The summed E-state index contributed by atoms with van der Waals surface area (Å²) in [4.78, 5) is 21.4. The van der Waals surface area contributed by atoms with Crippen molar-refractivity contribution in [1.29, 1.82) is 0 Å². The Morgan fingerprint density at radius 1 is 1.07 bits per heavy atom. The van der Waals surface area contributed by atoms with Gasteiger partial charge >= 0.3 is 6.03 Å². The number of urea groups is 1. The smallest absolute Gasteiger partial charge is 0.321 e. The number of ether oxygens (including phenoxy) is 1. The van der Waals surface area contributed by atoms with Crippen LogP contribution in [0.3, 0.4) is 0 Å². The van der Waals surface area contributed by atoms with Crippen molar-refractivity contribution in [2.75, 3.05) is 43.0 Å². The number of hydrogen-bond acceptors (Lipinski definition) is 6. The molecule has 1 aromatic heterocycles. The van der Waals surface area contributed by atoms with Crippen LogP contribution in [-0.4, -0.2) is 53.1 Å². The summed E-state index contributed by atoms with van der Waals surface area (Å²) in [6.45, 7) is 3.51. The molecule has 0 bridgehead atoms. The van der Waals surface area contributed by atoms with Gasteiger partial charge in [-0.3, -0.25) is 0 Å². The molecule has 0 spiro atoms. The molecule has 8 heteroatoms. The number of anilines is 2. The minimum atomic E-state index is -0.0641. The molecule has 2 aliphatic rings. The molecule has 1 saturated heterocycles.